The van der Waals surface area contributed by atoms with Gasteiger partial charge < -0.3 is 9.80 Å². The molecule has 0 radical (unpaired) electrons. The normalized spacial score (nSPS) is 14.5. The second-order valence-corrected chi connectivity index (χ2v) is 13.2. The van der Waals surface area contributed by atoms with E-state index in [0.717, 1.165) is 54.2 Å². The van der Waals surface area contributed by atoms with Gasteiger partial charge in [0.1, 0.15) is 6.04 Å². The van der Waals surface area contributed by atoms with E-state index in [9.17, 15) is 22.8 Å². The maximum atomic E-state index is 14.5. The molecule has 2 aromatic heterocycles. The molecule has 2 amide bonds. The van der Waals surface area contributed by atoms with Crippen LogP contribution in [0.1, 0.15) is 27.1 Å². The van der Waals surface area contributed by atoms with E-state index in [2.05, 4.69) is 21.3 Å². The van der Waals surface area contributed by atoms with Crippen LogP contribution in [0.15, 0.2) is 127 Å². The summed E-state index contributed by atoms with van der Waals surface area (Å²) >= 11 is 1.72. The zero-order valence-electron chi connectivity index (χ0n) is 27.4. The number of thiophene rings is 1. The van der Waals surface area contributed by atoms with Crippen LogP contribution in [0.3, 0.4) is 0 Å². The molecule has 6 nitrogen and oxygen atoms in total. The summed E-state index contributed by atoms with van der Waals surface area (Å²) in [6, 6.07) is 31.0. The number of piperazine rings is 1. The number of rotatable bonds is 11. The van der Waals surface area contributed by atoms with Crippen LogP contribution in [-0.4, -0.2) is 63.7 Å². The monoisotopic (exact) mass is 694 g/mol. The van der Waals surface area contributed by atoms with Crippen LogP contribution in [0.2, 0.25) is 0 Å². The van der Waals surface area contributed by atoms with Gasteiger partial charge in [-0.2, -0.15) is 13.2 Å². The quantitative estimate of drug-likeness (QED) is 0.132. The zero-order chi connectivity index (χ0) is 34.9. The highest BCUT2D eigenvalue weighted by Gasteiger charge is 2.34. The van der Waals surface area contributed by atoms with Gasteiger partial charge in [0, 0.05) is 68.4 Å². The molecule has 3 aromatic carbocycles. The maximum absolute atomic E-state index is 14.5. The second kappa shape index (κ2) is 16.1. The molecule has 1 atom stereocenters. The fourth-order valence-electron chi connectivity index (χ4n) is 6.03. The smallest absolute Gasteiger partial charge is 0.338 e. The lowest BCUT2D eigenvalue weighted by molar-refractivity contribution is -0.145. The standard InChI is InChI=1S/C40H37F3N4O2S/c41-40(42,43)34-18-13-30(14-19-34)15-20-38(48)47(28-32-11-16-33(17-12-32)36-10-4-5-21-44-36)37(27-31-7-2-1-3-8-31)39(49)46-24-22-45(23-25-46)29-35-9-6-26-50-35/h1-21,26,37H,22-25,27-29H2/t37-/m0/s1. The Kier molecular flexibility index (Phi) is 11.2. The van der Waals surface area contributed by atoms with E-state index < -0.39 is 23.7 Å². The van der Waals surface area contributed by atoms with Gasteiger partial charge in [0.05, 0.1) is 11.3 Å². The van der Waals surface area contributed by atoms with Crippen LogP contribution in [0.4, 0.5) is 13.2 Å². The van der Waals surface area contributed by atoms with Crippen molar-refractivity contribution in [1.82, 2.24) is 19.7 Å². The average Bonchev–Trinajstić information content (AvgIpc) is 3.66. The molecule has 1 aliphatic heterocycles. The summed E-state index contributed by atoms with van der Waals surface area (Å²) in [6.07, 6.45) is 0.416. The maximum Gasteiger partial charge on any atom is 0.416 e. The summed E-state index contributed by atoms with van der Waals surface area (Å²) in [6.45, 7) is 3.51. The lowest BCUT2D eigenvalue weighted by Crippen LogP contribution is -2.56. The third kappa shape index (κ3) is 9.13. The molecule has 0 unspecified atom stereocenters. The largest absolute Gasteiger partial charge is 0.416 e. The van der Waals surface area contributed by atoms with Crippen molar-refractivity contribution in [2.45, 2.75) is 31.7 Å². The molecule has 5 aromatic rings. The van der Waals surface area contributed by atoms with Gasteiger partial charge in [-0.05, 0) is 58.5 Å². The summed E-state index contributed by atoms with van der Waals surface area (Å²) in [5, 5.41) is 2.06. The first-order valence-corrected chi connectivity index (χ1v) is 17.3. The number of hydrogen-bond donors (Lipinski definition) is 0. The first-order valence-electron chi connectivity index (χ1n) is 16.5. The number of aromatic nitrogens is 1. The van der Waals surface area contributed by atoms with Gasteiger partial charge in [0.15, 0.2) is 0 Å². The summed E-state index contributed by atoms with van der Waals surface area (Å²) < 4.78 is 39.5. The molecule has 1 fully saturated rings. The molecule has 3 heterocycles. The Morgan fingerprint density at radius 2 is 1.54 bits per heavy atom. The molecule has 256 valence electrons. The molecule has 0 aliphatic carbocycles. The molecule has 1 aliphatic rings. The lowest BCUT2D eigenvalue weighted by atomic mass is 10.0. The van der Waals surface area contributed by atoms with Crippen molar-refractivity contribution in [3.63, 3.8) is 0 Å². The summed E-state index contributed by atoms with van der Waals surface area (Å²) in [5.41, 5.74) is 3.16. The highest BCUT2D eigenvalue weighted by Crippen LogP contribution is 2.29. The predicted octanol–water partition coefficient (Wildman–Crippen LogP) is 7.83. The van der Waals surface area contributed by atoms with Gasteiger partial charge in [-0.3, -0.25) is 19.5 Å². The molecule has 0 saturated carbocycles. The lowest BCUT2D eigenvalue weighted by Gasteiger charge is -2.39. The van der Waals surface area contributed by atoms with Crippen molar-refractivity contribution in [2.24, 2.45) is 0 Å². The van der Waals surface area contributed by atoms with Gasteiger partial charge in [0.25, 0.3) is 0 Å². The van der Waals surface area contributed by atoms with Crippen LogP contribution in [0.5, 0.6) is 0 Å². The van der Waals surface area contributed by atoms with Crippen LogP contribution in [-0.2, 0) is 35.3 Å². The van der Waals surface area contributed by atoms with Crippen LogP contribution >= 0.6 is 11.3 Å². The highest BCUT2D eigenvalue weighted by molar-refractivity contribution is 7.09. The van der Waals surface area contributed by atoms with Crippen molar-refractivity contribution in [2.75, 3.05) is 26.2 Å². The molecule has 10 heteroatoms. The third-order valence-corrected chi connectivity index (χ3v) is 9.64. The Hall–Kier alpha value is -5.06. The van der Waals surface area contributed by atoms with Gasteiger partial charge in [-0.15, -0.1) is 11.3 Å². The van der Waals surface area contributed by atoms with Gasteiger partial charge >= 0.3 is 6.18 Å². The van der Waals surface area contributed by atoms with Crippen molar-refractivity contribution in [1.29, 1.82) is 0 Å². The molecule has 6 rings (SSSR count). The predicted molar refractivity (Wildman–Crippen MR) is 191 cm³/mol. The van der Waals surface area contributed by atoms with Gasteiger partial charge in [-0.25, -0.2) is 0 Å². The van der Waals surface area contributed by atoms with Crippen molar-refractivity contribution >= 4 is 29.2 Å². The first-order chi connectivity index (χ1) is 24.2. The number of halogens is 3. The average molecular weight is 695 g/mol. The second-order valence-electron chi connectivity index (χ2n) is 12.2. The minimum absolute atomic E-state index is 0.133. The molecular formula is C40H37F3N4O2S. The number of nitrogens with zero attached hydrogens (tertiary/aromatic N) is 4. The van der Waals surface area contributed by atoms with E-state index in [0.29, 0.717) is 25.1 Å². The van der Waals surface area contributed by atoms with Crippen LogP contribution < -0.4 is 0 Å². The Morgan fingerprint density at radius 1 is 0.820 bits per heavy atom. The molecule has 1 saturated heterocycles. The van der Waals surface area contributed by atoms with E-state index >= 15 is 0 Å². The summed E-state index contributed by atoms with van der Waals surface area (Å²) in [5.74, 6) is -0.546. The Labute approximate surface area is 294 Å². The molecule has 0 N–H and O–H groups in total. The summed E-state index contributed by atoms with van der Waals surface area (Å²) in [7, 11) is 0. The molecule has 0 spiro atoms. The SMILES string of the molecule is O=C([C@H](Cc1ccccc1)N(Cc1ccc(-c2ccccn2)cc1)C(=O)C=Cc1ccc(C(F)(F)F)cc1)N1CCN(Cc2cccs2)CC1. The fourth-order valence-corrected chi connectivity index (χ4v) is 6.77. The fraction of sp³-hybridized carbons (Fsp3) is 0.225. The number of pyridine rings is 1. The third-order valence-electron chi connectivity index (χ3n) is 8.78. The van der Waals surface area contributed by atoms with Crippen LogP contribution in [0, 0.1) is 0 Å². The number of alkyl halides is 3. The van der Waals surface area contributed by atoms with Crippen molar-refractivity contribution in [3.05, 3.63) is 154 Å². The number of carbonyl (C=O) groups excluding carboxylic acids is 2. The van der Waals surface area contributed by atoms with E-state index in [1.54, 1.807) is 22.4 Å². The Balaban J connectivity index is 1.28. The number of amides is 2. The Morgan fingerprint density at radius 3 is 2.18 bits per heavy atom. The number of benzene rings is 3. The Bertz CT molecular complexity index is 1860. The number of hydrogen-bond acceptors (Lipinski definition) is 5. The summed E-state index contributed by atoms with van der Waals surface area (Å²) in [4.78, 5) is 40.1. The number of carbonyl (C=O) groups is 2. The van der Waals surface area contributed by atoms with Gasteiger partial charge in [-0.1, -0.05) is 78.9 Å². The highest BCUT2D eigenvalue weighted by atomic mass is 32.1. The van der Waals surface area contributed by atoms with Gasteiger partial charge in [0.2, 0.25) is 11.8 Å². The molecular weight excluding hydrogens is 658 g/mol. The van der Waals surface area contributed by atoms with E-state index in [4.69, 9.17) is 0 Å². The minimum atomic E-state index is -4.46. The zero-order valence-corrected chi connectivity index (χ0v) is 28.2. The van der Waals surface area contributed by atoms with Crippen molar-refractivity contribution in [3.8, 4) is 11.3 Å². The van der Waals surface area contributed by atoms with Crippen molar-refractivity contribution < 1.29 is 22.8 Å². The molecule has 50 heavy (non-hydrogen) atoms. The van der Waals surface area contributed by atoms with E-state index in [1.807, 2.05) is 83.8 Å². The van der Waals surface area contributed by atoms with E-state index in [-0.39, 0.29) is 12.5 Å². The first kappa shape index (κ1) is 34.8. The topological polar surface area (TPSA) is 56.8 Å². The van der Waals surface area contributed by atoms with E-state index in [1.165, 1.54) is 29.2 Å². The molecule has 0 bridgehead atoms. The minimum Gasteiger partial charge on any atom is -0.338 e. The van der Waals surface area contributed by atoms with Crippen LogP contribution in [0.25, 0.3) is 17.3 Å².